The molecule has 0 bridgehead atoms. The van der Waals surface area contributed by atoms with Crippen LogP contribution < -0.4 is 0 Å². The summed E-state index contributed by atoms with van der Waals surface area (Å²) in [6, 6.07) is 15.5. The van der Waals surface area contributed by atoms with Crippen molar-refractivity contribution in [3.63, 3.8) is 0 Å². The van der Waals surface area contributed by atoms with Gasteiger partial charge in [-0.25, -0.2) is 4.98 Å². The number of pyridine rings is 2. The van der Waals surface area contributed by atoms with Crippen molar-refractivity contribution < 1.29 is 4.74 Å². The highest BCUT2D eigenvalue weighted by Gasteiger charge is 2.18. The number of hydrogen-bond acceptors (Lipinski definition) is 4. The molecule has 0 aliphatic carbocycles. The molecule has 0 saturated heterocycles. The molecule has 0 amide bonds. The minimum atomic E-state index is -1.13. The largest absolute Gasteiger partial charge is 0.361 e. The predicted octanol–water partition coefficient (Wildman–Crippen LogP) is 6.54. The summed E-state index contributed by atoms with van der Waals surface area (Å²) >= 11 is 3.53. The van der Waals surface area contributed by atoms with Crippen molar-refractivity contribution in [2.45, 2.75) is 39.3 Å². The van der Waals surface area contributed by atoms with E-state index in [-0.39, 0.29) is 0 Å². The summed E-state index contributed by atoms with van der Waals surface area (Å²) < 4.78 is 9.09. The van der Waals surface area contributed by atoms with E-state index in [9.17, 15) is 0 Å². The number of nitrogens with zero attached hydrogens (tertiary/aromatic N) is 4. The van der Waals surface area contributed by atoms with Gasteiger partial charge in [-0.1, -0.05) is 31.8 Å². The van der Waals surface area contributed by atoms with Gasteiger partial charge in [-0.15, -0.1) is 0 Å². The summed E-state index contributed by atoms with van der Waals surface area (Å²) in [5.74, 6) is 0. The zero-order valence-electron chi connectivity index (χ0n) is 18.4. The van der Waals surface area contributed by atoms with Crippen LogP contribution in [0.2, 0.25) is 25.7 Å². The van der Waals surface area contributed by atoms with Gasteiger partial charge in [0.1, 0.15) is 12.4 Å². The number of fused-ring (bicyclic) bond motifs is 1. The first-order chi connectivity index (χ1) is 14.8. The molecule has 4 aromatic rings. The minimum Gasteiger partial charge on any atom is -0.361 e. The Morgan fingerprint density at radius 2 is 1.90 bits per heavy atom. The summed E-state index contributed by atoms with van der Waals surface area (Å²) in [6.45, 7) is 10.3. The third-order valence-corrected chi connectivity index (χ3v) is 7.25. The Kier molecular flexibility index (Phi) is 6.36. The van der Waals surface area contributed by atoms with Gasteiger partial charge in [0.05, 0.1) is 23.2 Å². The van der Waals surface area contributed by atoms with Crippen molar-refractivity contribution in [1.82, 2.24) is 19.5 Å². The third-order valence-electron chi connectivity index (χ3n) is 5.12. The second-order valence-corrected chi connectivity index (χ2v) is 15.5. The molecular formula is C24H27BrN4OSi. The van der Waals surface area contributed by atoms with Crippen molar-refractivity contribution >= 4 is 34.9 Å². The Bertz CT molecular complexity index is 1220. The number of benzene rings is 1. The summed E-state index contributed by atoms with van der Waals surface area (Å²) in [7, 11) is -1.13. The lowest BCUT2D eigenvalue weighted by Crippen LogP contribution is -2.22. The molecule has 1 aromatic carbocycles. The van der Waals surface area contributed by atoms with Crippen molar-refractivity contribution in [2.24, 2.45) is 0 Å². The molecule has 3 aromatic heterocycles. The van der Waals surface area contributed by atoms with Crippen molar-refractivity contribution in [1.29, 1.82) is 0 Å². The maximum absolute atomic E-state index is 6.05. The van der Waals surface area contributed by atoms with Gasteiger partial charge in [-0.05, 0) is 59.2 Å². The minimum absolute atomic E-state index is 0.466. The molecule has 0 saturated carbocycles. The highest BCUT2D eigenvalue weighted by atomic mass is 79.9. The van der Waals surface area contributed by atoms with E-state index in [2.05, 4.69) is 63.3 Å². The van der Waals surface area contributed by atoms with E-state index in [1.165, 1.54) is 0 Å². The van der Waals surface area contributed by atoms with Crippen LogP contribution in [-0.2, 0) is 11.5 Å². The van der Waals surface area contributed by atoms with Gasteiger partial charge in [-0.2, -0.15) is 0 Å². The normalized spacial score (nSPS) is 11.9. The van der Waals surface area contributed by atoms with Gasteiger partial charge in [0.25, 0.3) is 0 Å². The molecule has 3 heterocycles. The number of hydrogen-bond donors (Lipinski definition) is 0. The van der Waals surface area contributed by atoms with Crippen molar-refractivity contribution in [3.05, 3.63) is 65.2 Å². The molecule has 160 valence electrons. The van der Waals surface area contributed by atoms with Gasteiger partial charge in [0, 0.05) is 42.0 Å². The third kappa shape index (κ3) is 5.29. The SMILES string of the molecule is Cc1cccc(-c2ncn(COCC[Si](C)(C)C)c2-c2ccc3ncc(Br)cc3c2)n1. The molecule has 0 radical (unpaired) electrons. The summed E-state index contributed by atoms with van der Waals surface area (Å²) in [6.07, 6.45) is 3.67. The first kappa shape index (κ1) is 21.9. The maximum atomic E-state index is 6.05. The first-order valence-electron chi connectivity index (χ1n) is 10.4. The van der Waals surface area contributed by atoms with Crippen LogP contribution in [-0.4, -0.2) is 34.2 Å². The quantitative estimate of drug-likeness (QED) is 0.216. The second-order valence-electron chi connectivity index (χ2n) is 8.98. The molecule has 0 aliphatic rings. The molecule has 31 heavy (non-hydrogen) atoms. The number of halogens is 1. The first-order valence-corrected chi connectivity index (χ1v) is 14.9. The summed E-state index contributed by atoms with van der Waals surface area (Å²) in [4.78, 5) is 13.9. The predicted molar refractivity (Wildman–Crippen MR) is 133 cm³/mol. The van der Waals surface area contributed by atoms with Gasteiger partial charge < -0.3 is 9.30 Å². The van der Waals surface area contributed by atoms with Gasteiger partial charge in [0.15, 0.2) is 0 Å². The van der Waals surface area contributed by atoms with Gasteiger partial charge in [0.2, 0.25) is 0 Å². The number of rotatable bonds is 7. The fourth-order valence-corrected chi connectivity index (χ4v) is 4.54. The van der Waals surface area contributed by atoms with Gasteiger partial charge >= 0.3 is 0 Å². The monoisotopic (exact) mass is 494 g/mol. The smallest absolute Gasteiger partial charge is 0.124 e. The maximum Gasteiger partial charge on any atom is 0.124 e. The Morgan fingerprint density at radius 1 is 1.06 bits per heavy atom. The van der Waals surface area contributed by atoms with Crippen molar-refractivity contribution in [3.8, 4) is 22.6 Å². The lowest BCUT2D eigenvalue weighted by atomic mass is 10.0. The lowest BCUT2D eigenvalue weighted by molar-refractivity contribution is 0.0882. The zero-order valence-corrected chi connectivity index (χ0v) is 21.0. The summed E-state index contributed by atoms with van der Waals surface area (Å²) in [5, 5.41) is 1.07. The van der Waals surface area contributed by atoms with E-state index in [1.54, 1.807) is 0 Å². The van der Waals surface area contributed by atoms with E-state index in [4.69, 9.17) is 14.7 Å². The average molecular weight is 495 g/mol. The number of aryl methyl sites for hydroxylation is 1. The molecule has 0 spiro atoms. The fourth-order valence-electron chi connectivity index (χ4n) is 3.44. The van der Waals surface area contributed by atoms with Crippen LogP contribution in [0.15, 0.2) is 59.5 Å². The van der Waals surface area contributed by atoms with Crippen LogP contribution in [0.1, 0.15) is 5.69 Å². The van der Waals surface area contributed by atoms with Crippen molar-refractivity contribution in [2.75, 3.05) is 6.61 Å². The van der Waals surface area contributed by atoms with E-state index in [0.29, 0.717) is 6.73 Å². The zero-order chi connectivity index (χ0) is 22.0. The van der Waals surface area contributed by atoms with E-state index >= 15 is 0 Å². The van der Waals surface area contributed by atoms with Crippen LogP contribution in [0, 0.1) is 6.92 Å². The van der Waals surface area contributed by atoms with Crippen LogP contribution >= 0.6 is 15.9 Å². The molecule has 0 atom stereocenters. The number of imidazole rings is 1. The van der Waals surface area contributed by atoms with E-state index in [0.717, 1.165) is 56.4 Å². The van der Waals surface area contributed by atoms with E-state index in [1.807, 2.05) is 43.7 Å². The second kappa shape index (κ2) is 9.02. The fraction of sp³-hybridized carbons (Fsp3) is 0.292. The molecule has 4 rings (SSSR count). The Morgan fingerprint density at radius 3 is 2.68 bits per heavy atom. The topological polar surface area (TPSA) is 52.8 Å². The molecule has 5 nitrogen and oxygen atoms in total. The van der Waals surface area contributed by atoms with Crippen LogP contribution in [0.4, 0.5) is 0 Å². The highest BCUT2D eigenvalue weighted by molar-refractivity contribution is 9.10. The standard InChI is InChI=1S/C24H27BrN4OSi/c1-17-6-5-7-22(28-17)23-24(29(15-27-23)16-30-10-11-31(2,3)4)18-8-9-21-19(12-18)13-20(25)14-26-21/h5-9,12-15H,10-11,16H2,1-4H3. The van der Waals surface area contributed by atoms with E-state index < -0.39 is 8.07 Å². The number of aromatic nitrogens is 4. The average Bonchev–Trinajstić information content (AvgIpc) is 3.14. The molecule has 0 aliphatic heterocycles. The Hall–Kier alpha value is -2.35. The highest BCUT2D eigenvalue weighted by Crippen LogP contribution is 2.32. The molecular weight excluding hydrogens is 468 g/mol. The molecule has 0 unspecified atom stereocenters. The van der Waals surface area contributed by atoms with Crippen LogP contribution in [0.3, 0.4) is 0 Å². The molecule has 7 heteroatoms. The van der Waals surface area contributed by atoms with Gasteiger partial charge in [-0.3, -0.25) is 9.97 Å². The summed E-state index contributed by atoms with van der Waals surface area (Å²) in [5.41, 5.74) is 5.73. The van der Waals surface area contributed by atoms with Crippen LogP contribution in [0.25, 0.3) is 33.5 Å². The lowest BCUT2D eigenvalue weighted by Gasteiger charge is -2.16. The Labute approximate surface area is 192 Å². The molecule has 0 N–H and O–H groups in total. The Balaban J connectivity index is 1.75. The molecule has 0 fully saturated rings. The van der Waals surface area contributed by atoms with Crippen LogP contribution in [0.5, 0.6) is 0 Å². The number of ether oxygens (including phenoxy) is 1.